The third-order valence-electron chi connectivity index (χ3n) is 1.31. The van der Waals surface area contributed by atoms with Gasteiger partial charge in [-0.05, 0) is 13.3 Å². The predicted molar refractivity (Wildman–Crippen MR) is 30.4 cm³/mol. The van der Waals surface area contributed by atoms with Gasteiger partial charge in [0, 0.05) is 0 Å². The molecule has 53 valence electrons. The number of carbonyl (C=O) groups excluding carboxylic acids is 1. The molecule has 0 saturated carbocycles. The lowest BCUT2D eigenvalue weighted by Gasteiger charge is -2.15. The van der Waals surface area contributed by atoms with Gasteiger partial charge in [-0.15, -0.1) is 0 Å². The van der Waals surface area contributed by atoms with Gasteiger partial charge in [0.1, 0.15) is 6.17 Å². The molecule has 0 fully saturated rings. The van der Waals surface area contributed by atoms with Crippen molar-refractivity contribution in [1.82, 2.24) is 0 Å². The van der Waals surface area contributed by atoms with Crippen LogP contribution in [0.3, 0.4) is 0 Å². The minimum atomic E-state index is -2.39. The normalized spacial score (nSPS) is 20.4. The summed E-state index contributed by atoms with van der Waals surface area (Å²) in [5.41, 5.74) is -2.39. The van der Waals surface area contributed by atoms with Crippen molar-refractivity contribution in [1.29, 1.82) is 0 Å². The van der Waals surface area contributed by atoms with E-state index in [-0.39, 0.29) is 6.42 Å². The van der Waals surface area contributed by atoms with E-state index in [2.05, 4.69) is 0 Å². The molecule has 0 amide bonds. The summed E-state index contributed by atoms with van der Waals surface area (Å²) in [6.07, 6.45) is -0.887. The molecule has 0 bridgehead atoms. The van der Waals surface area contributed by atoms with Crippen LogP contribution >= 0.6 is 0 Å². The highest BCUT2D eigenvalue weighted by Crippen LogP contribution is 2.19. The van der Waals surface area contributed by atoms with Crippen molar-refractivity contribution in [2.24, 2.45) is 0 Å². The highest BCUT2D eigenvalue weighted by atomic mass is 19.2. The Hall–Kier alpha value is -0.470. The van der Waals surface area contributed by atoms with Crippen molar-refractivity contribution in [2.75, 3.05) is 0 Å². The maximum atomic E-state index is 12.6. The van der Waals surface area contributed by atoms with E-state index >= 15 is 0 Å². The zero-order valence-electron chi connectivity index (χ0n) is 5.45. The fraction of sp³-hybridized carbons (Fsp3) is 0.833. The fourth-order valence-corrected chi connectivity index (χ4v) is 0.435. The number of halogens is 2. The average Bonchev–Trinajstić information content (AvgIpc) is 1.86. The number of hydrogen-bond acceptors (Lipinski definition) is 1. The lowest BCUT2D eigenvalue weighted by Crippen LogP contribution is -2.33. The van der Waals surface area contributed by atoms with Crippen LogP contribution in [0.25, 0.3) is 0 Å². The number of hydrogen-bond donors (Lipinski definition) is 0. The van der Waals surface area contributed by atoms with E-state index in [4.69, 9.17) is 0 Å². The van der Waals surface area contributed by atoms with Gasteiger partial charge in [-0.1, -0.05) is 6.92 Å². The van der Waals surface area contributed by atoms with Crippen molar-refractivity contribution in [3.05, 3.63) is 0 Å². The van der Waals surface area contributed by atoms with Crippen molar-refractivity contribution in [3.8, 4) is 0 Å². The lowest BCUT2D eigenvalue weighted by molar-refractivity contribution is 0.119. The van der Waals surface area contributed by atoms with Gasteiger partial charge in [0.15, 0.2) is 0 Å². The van der Waals surface area contributed by atoms with E-state index in [1.807, 2.05) is 0 Å². The molecule has 0 aliphatic carbocycles. The first-order valence-corrected chi connectivity index (χ1v) is 2.79. The molecule has 2 atom stereocenters. The van der Waals surface area contributed by atoms with Crippen LogP contribution in [0.4, 0.5) is 8.78 Å². The van der Waals surface area contributed by atoms with Gasteiger partial charge < -0.3 is 0 Å². The largest absolute Gasteiger partial charge is 0.287 e. The summed E-state index contributed by atoms with van der Waals surface area (Å²) in [7, 11) is 0. The van der Waals surface area contributed by atoms with Crippen molar-refractivity contribution >= 4 is 6.29 Å². The van der Waals surface area contributed by atoms with Crippen LogP contribution < -0.4 is 0 Å². The van der Waals surface area contributed by atoms with Gasteiger partial charge in [0.05, 0.1) is 0 Å². The quantitative estimate of drug-likeness (QED) is 0.574. The van der Waals surface area contributed by atoms with Gasteiger partial charge >= 0.3 is 0 Å². The highest BCUT2D eigenvalue weighted by molar-refractivity contribution is 5.64. The Kier molecular flexibility index (Phi) is 2.74. The molecule has 1 radical (unpaired) electrons. The molecule has 9 heavy (non-hydrogen) atoms. The second-order valence-corrected chi connectivity index (χ2v) is 1.93. The Morgan fingerprint density at radius 1 is 1.78 bits per heavy atom. The Morgan fingerprint density at radius 2 is 2.22 bits per heavy atom. The van der Waals surface area contributed by atoms with E-state index in [1.165, 1.54) is 6.92 Å². The molecule has 0 rings (SSSR count). The minimum Gasteiger partial charge on any atom is -0.287 e. The molecule has 2 unspecified atom stereocenters. The second-order valence-electron chi connectivity index (χ2n) is 1.93. The molecule has 0 aliphatic rings. The third kappa shape index (κ3) is 1.73. The van der Waals surface area contributed by atoms with E-state index in [1.54, 1.807) is 0 Å². The monoisotopic (exact) mass is 135 g/mol. The maximum absolute atomic E-state index is 12.6. The van der Waals surface area contributed by atoms with E-state index in [9.17, 15) is 13.6 Å². The second kappa shape index (κ2) is 2.90. The first kappa shape index (κ1) is 8.53. The van der Waals surface area contributed by atoms with E-state index in [0.29, 0.717) is 0 Å². The summed E-state index contributed by atoms with van der Waals surface area (Å²) in [6.45, 7) is 2.41. The summed E-state index contributed by atoms with van der Waals surface area (Å²) in [6, 6.07) is 0. The Labute approximate surface area is 53.1 Å². The lowest BCUT2D eigenvalue weighted by atomic mass is 10.0. The Morgan fingerprint density at radius 3 is 2.22 bits per heavy atom. The van der Waals surface area contributed by atoms with Crippen molar-refractivity contribution in [2.45, 2.75) is 32.1 Å². The van der Waals surface area contributed by atoms with E-state index < -0.39 is 11.8 Å². The zero-order valence-corrected chi connectivity index (χ0v) is 5.45. The standard InChI is InChI=1S/C6H9F2O/c1-3-6(8,4-9)5(2)7/h5H,3H2,1-2H3. The maximum Gasteiger partial charge on any atom is 0.242 e. The molecule has 0 N–H and O–H groups in total. The van der Waals surface area contributed by atoms with Crippen LogP contribution in [0.1, 0.15) is 20.3 Å². The van der Waals surface area contributed by atoms with Crippen LogP contribution in [-0.4, -0.2) is 18.1 Å². The molecule has 0 aromatic heterocycles. The smallest absolute Gasteiger partial charge is 0.242 e. The number of rotatable bonds is 3. The van der Waals surface area contributed by atoms with Gasteiger partial charge in [0.2, 0.25) is 12.0 Å². The summed E-state index contributed by atoms with van der Waals surface area (Å²) >= 11 is 0. The fourth-order valence-electron chi connectivity index (χ4n) is 0.435. The molecular formula is C6H9F2O. The SMILES string of the molecule is CCC(F)([C]=O)C(C)F. The predicted octanol–water partition coefficient (Wildman–Crippen LogP) is 1.57. The third-order valence-corrected chi connectivity index (χ3v) is 1.31. The minimum absolute atomic E-state index is 0.159. The highest BCUT2D eigenvalue weighted by Gasteiger charge is 2.35. The molecule has 0 heterocycles. The van der Waals surface area contributed by atoms with Crippen molar-refractivity contribution < 1.29 is 13.6 Å². The molecule has 0 aliphatic heterocycles. The van der Waals surface area contributed by atoms with Crippen LogP contribution in [-0.2, 0) is 4.79 Å². The van der Waals surface area contributed by atoms with Crippen LogP contribution in [0, 0.1) is 0 Å². The van der Waals surface area contributed by atoms with Gasteiger partial charge in [-0.3, -0.25) is 4.79 Å². The van der Waals surface area contributed by atoms with Gasteiger partial charge in [-0.2, -0.15) is 0 Å². The zero-order chi connectivity index (χ0) is 7.49. The molecule has 3 heteroatoms. The first-order valence-electron chi connectivity index (χ1n) is 2.79. The van der Waals surface area contributed by atoms with E-state index in [0.717, 1.165) is 13.2 Å². The summed E-state index contributed by atoms with van der Waals surface area (Å²) in [5.74, 6) is 0. The Balaban J connectivity index is 4.08. The molecule has 1 nitrogen and oxygen atoms in total. The summed E-state index contributed by atoms with van der Waals surface area (Å²) in [5, 5.41) is 0. The summed E-state index contributed by atoms with van der Waals surface area (Å²) in [4.78, 5) is 9.76. The Bertz CT molecular complexity index is 103. The summed E-state index contributed by atoms with van der Waals surface area (Å²) < 4.78 is 24.7. The molecular weight excluding hydrogens is 126 g/mol. The molecule has 0 spiro atoms. The van der Waals surface area contributed by atoms with Gasteiger partial charge in [-0.25, -0.2) is 8.78 Å². The number of alkyl halides is 2. The van der Waals surface area contributed by atoms with Crippen LogP contribution in [0.5, 0.6) is 0 Å². The average molecular weight is 135 g/mol. The van der Waals surface area contributed by atoms with Crippen molar-refractivity contribution in [3.63, 3.8) is 0 Å². The molecule has 0 aromatic carbocycles. The first-order chi connectivity index (χ1) is 4.06. The molecule has 0 aromatic rings. The van der Waals surface area contributed by atoms with Crippen LogP contribution in [0.15, 0.2) is 0 Å². The topological polar surface area (TPSA) is 17.1 Å². The van der Waals surface area contributed by atoms with Gasteiger partial charge in [0.25, 0.3) is 0 Å². The van der Waals surface area contributed by atoms with Crippen LogP contribution in [0.2, 0.25) is 0 Å². The molecule has 0 saturated heterocycles.